The summed E-state index contributed by atoms with van der Waals surface area (Å²) < 4.78 is 5.45. The summed E-state index contributed by atoms with van der Waals surface area (Å²) >= 11 is 9.79. The molecule has 0 aliphatic heterocycles. The average Bonchev–Trinajstić information content (AvgIpc) is 2.38. The van der Waals surface area contributed by atoms with Gasteiger partial charge in [0.15, 0.2) is 0 Å². The minimum atomic E-state index is 0.141. The van der Waals surface area contributed by atoms with Crippen molar-refractivity contribution >= 4 is 90.4 Å². The van der Waals surface area contributed by atoms with Crippen LogP contribution in [0.4, 0.5) is 0 Å². The van der Waals surface area contributed by atoms with Gasteiger partial charge in [0.2, 0.25) is 0 Å². The van der Waals surface area contributed by atoms with Crippen molar-refractivity contribution in [2.24, 2.45) is 0 Å². The van der Waals surface area contributed by atoms with Crippen LogP contribution in [0.1, 0.15) is 25.0 Å². The third-order valence-corrected chi connectivity index (χ3v) is 9.64. The van der Waals surface area contributed by atoms with Crippen LogP contribution in [-0.2, 0) is 11.8 Å². The SMILES string of the molecule is CC(C)(Cc1cccc(I)c1I)c1cccc(I)c1I. The first-order valence-electron chi connectivity index (χ1n) is 6.20. The second-order valence-electron chi connectivity index (χ2n) is 5.37. The van der Waals surface area contributed by atoms with Gasteiger partial charge in [-0.1, -0.05) is 38.1 Å². The van der Waals surface area contributed by atoms with Gasteiger partial charge < -0.3 is 0 Å². The lowest BCUT2D eigenvalue weighted by Gasteiger charge is -2.28. The number of hydrogen-bond donors (Lipinski definition) is 0. The Morgan fingerprint density at radius 2 is 1.35 bits per heavy atom. The Kier molecular flexibility index (Phi) is 6.45. The van der Waals surface area contributed by atoms with Gasteiger partial charge in [-0.3, -0.25) is 0 Å². The lowest BCUT2D eigenvalue weighted by molar-refractivity contribution is 0.518. The quantitative estimate of drug-likeness (QED) is 0.314. The highest BCUT2D eigenvalue weighted by molar-refractivity contribution is 14.1. The van der Waals surface area contributed by atoms with Gasteiger partial charge in [-0.05, 0) is 125 Å². The van der Waals surface area contributed by atoms with Gasteiger partial charge in [0.05, 0.1) is 0 Å². The Labute approximate surface area is 175 Å². The van der Waals surface area contributed by atoms with Crippen molar-refractivity contribution in [3.63, 3.8) is 0 Å². The summed E-state index contributed by atoms with van der Waals surface area (Å²) in [5.74, 6) is 0. The van der Waals surface area contributed by atoms with Crippen LogP contribution in [0.5, 0.6) is 0 Å². The normalized spacial score (nSPS) is 11.7. The molecule has 0 radical (unpaired) electrons. The van der Waals surface area contributed by atoms with Gasteiger partial charge >= 0.3 is 0 Å². The van der Waals surface area contributed by atoms with E-state index in [4.69, 9.17) is 0 Å². The summed E-state index contributed by atoms with van der Waals surface area (Å²) in [4.78, 5) is 0. The molecule has 2 aromatic carbocycles. The van der Waals surface area contributed by atoms with Crippen LogP contribution in [0, 0.1) is 14.3 Å². The molecule has 0 spiro atoms. The van der Waals surface area contributed by atoms with E-state index in [9.17, 15) is 0 Å². The molecule has 4 heteroatoms. The largest absolute Gasteiger partial charge is 0.0609 e. The topological polar surface area (TPSA) is 0 Å². The van der Waals surface area contributed by atoms with E-state index in [2.05, 4.69) is 141 Å². The van der Waals surface area contributed by atoms with Gasteiger partial charge in [-0.2, -0.15) is 0 Å². The minimum absolute atomic E-state index is 0.141. The Bertz CT molecular complexity index is 632. The average molecular weight is 714 g/mol. The van der Waals surface area contributed by atoms with Crippen LogP contribution < -0.4 is 0 Å². The summed E-state index contributed by atoms with van der Waals surface area (Å²) in [6.07, 6.45) is 1.07. The van der Waals surface area contributed by atoms with E-state index in [0.717, 1.165) is 6.42 Å². The van der Waals surface area contributed by atoms with Crippen molar-refractivity contribution < 1.29 is 0 Å². The van der Waals surface area contributed by atoms with E-state index in [1.165, 1.54) is 25.4 Å². The second kappa shape index (κ2) is 7.29. The molecule has 20 heavy (non-hydrogen) atoms. The van der Waals surface area contributed by atoms with Gasteiger partial charge in [-0.25, -0.2) is 0 Å². The first-order chi connectivity index (χ1) is 9.33. The molecule has 0 nitrogen and oxygen atoms in total. The molecule has 0 fully saturated rings. The number of benzene rings is 2. The lowest BCUT2D eigenvalue weighted by atomic mass is 9.79. The smallest absolute Gasteiger partial charge is 0.0301 e. The van der Waals surface area contributed by atoms with Crippen molar-refractivity contribution in [1.82, 2.24) is 0 Å². The van der Waals surface area contributed by atoms with E-state index < -0.39 is 0 Å². The van der Waals surface area contributed by atoms with Crippen LogP contribution in [0.2, 0.25) is 0 Å². The number of rotatable bonds is 3. The second-order valence-corrected chi connectivity index (χ2v) is 9.86. The maximum Gasteiger partial charge on any atom is 0.0301 e. The zero-order chi connectivity index (χ0) is 14.9. The number of hydrogen-bond acceptors (Lipinski definition) is 0. The van der Waals surface area contributed by atoms with Gasteiger partial charge in [-0.15, -0.1) is 0 Å². The fraction of sp³-hybridized carbons (Fsp3) is 0.250. The van der Waals surface area contributed by atoms with Crippen LogP contribution >= 0.6 is 90.4 Å². The van der Waals surface area contributed by atoms with Gasteiger partial charge in [0.1, 0.15) is 0 Å². The molecule has 0 N–H and O–H groups in total. The Morgan fingerprint density at radius 3 is 2.00 bits per heavy atom. The van der Waals surface area contributed by atoms with Crippen molar-refractivity contribution in [2.45, 2.75) is 25.7 Å². The molecule has 0 amide bonds. The maximum atomic E-state index is 2.48. The Hall–Kier alpha value is 1.36. The van der Waals surface area contributed by atoms with E-state index in [-0.39, 0.29) is 5.41 Å². The summed E-state index contributed by atoms with van der Waals surface area (Å²) in [7, 11) is 0. The summed E-state index contributed by atoms with van der Waals surface area (Å²) in [6, 6.07) is 13.2. The van der Waals surface area contributed by atoms with Crippen LogP contribution in [0.25, 0.3) is 0 Å². The van der Waals surface area contributed by atoms with Gasteiger partial charge in [0.25, 0.3) is 0 Å². The molecule has 0 bridgehead atoms. The molecule has 0 unspecified atom stereocenters. The molecular formula is C16H14I4. The highest BCUT2D eigenvalue weighted by atomic mass is 127. The Morgan fingerprint density at radius 1 is 0.800 bits per heavy atom. The molecular weight excluding hydrogens is 700 g/mol. The van der Waals surface area contributed by atoms with E-state index in [1.807, 2.05) is 0 Å². The van der Waals surface area contributed by atoms with E-state index in [1.54, 1.807) is 0 Å². The summed E-state index contributed by atoms with van der Waals surface area (Å²) in [5.41, 5.74) is 3.03. The molecule has 106 valence electrons. The molecule has 2 aromatic rings. The third kappa shape index (κ3) is 4.01. The van der Waals surface area contributed by atoms with Crippen molar-refractivity contribution in [3.8, 4) is 0 Å². The fourth-order valence-corrected chi connectivity index (χ4v) is 4.97. The molecule has 0 saturated heterocycles. The molecule has 0 aromatic heterocycles. The van der Waals surface area contributed by atoms with Gasteiger partial charge in [0, 0.05) is 14.3 Å². The third-order valence-electron chi connectivity index (χ3n) is 3.34. The summed E-state index contributed by atoms with van der Waals surface area (Å²) in [5, 5.41) is 0. The Balaban J connectivity index is 2.40. The van der Waals surface area contributed by atoms with Crippen molar-refractivity contribution in [2.75, 3.05) is 0 Å². The van der Waals surface area contributed by atoms with Crippen molar-refractivity contribution in [1.29, 1.82) is 0 Å². The van der Waals surface area contributed by atoms with E-state index in [0.29, 0.717) is 0 Å². The summed E-state index contributed by atoms with van der Waals surface area (Å²) in [6.45, 7) is 4.69. The minimum Gasteiger partial charge on any atom is -0.0609 e. The zero-order valence-electron chi connectivity index (χ0n) is 11.2. The number of halogens is 4. The standard InChI is InChI=1S/C16H14I4/c1-16(2,11-6-4-8-13(18)15(11)20)9-10-5-3-7-12(17)14(10)19/h3-8H,9H2,1-2H3. The lowest BCUT2D eigenvalue weighted by Crippen LogP contribution is -2.23. The van der Waals surface area contributed by atoms with Crippen LogP contribution in [0.15, 0.2) is 36.4 Å². The van der Waals surface area contributed by atoms with E-state index >= 15 is 0 Å². The molecule has 0 saturated carbocycles. The molecule has 0 aliphatic rings. The maximum absolute atomic E-state index is 2.48. The first-order valence-corrected chi connectivity index (χ1v) is 10.5. The monoisotopic (exact) mass is 714 g/mol. The zero-order valence-corrected chi connectivity index (χ0v) is 19.8. The molecule has 2 rings (SSSR count). The molecule has 0 heterocycles. The fourth-order valence-electron chi connectivity index (χ4n) is 2.28. The van der Waals surface area contributed by atoms with Crippen molar-refractivity contribution in [3.05, 3.63) is 61.8 Å². The molecule has 0 aliphatic carbocycles. The van der Waals surface area contributed by atoms with Crippen LogP contribution in [0.3, 0.4) is 0 Å². The molecule has 0 atom stereocenters. The highest BCUT2D eigenvalue weighted by Gasteiger charge is 2.25. The highest BCUT2D eigenvalue weighted by Crippen LogP contribution is 2.34. The van der Waals surface area contributed by atoms with Crippen LogP contribution in [-0.4, -0.2) is 0 Å². The predicted molar refractivity (Wildman–Crippen MR) is 120 cm³/mol. The first kappa shape index (κ1) is 17.7. The predicted octanol–water partition coefficient (Wildman–Crippen LogP) is 6.63.